The molecule has 1 heterocycles. The SMILES string of the molecule is COc1cc([C@@H]2CC(=O)Nc3cc(C)c(C)cc32)cc(Br)c1O. The van der Waals surface area contributed by atoms with Crippen LogP contribution >= 0.6 is 15.9 Å². The van der Waals surface area contributed by atoms with Crippen molar-refractivity contribution in [1.82, 2.24) is 0 Å². The highest BCUT2D eigenvalue weighted by atomic mass is 79.9. The van der Waals surface area contributed by atoms with Gasteiger partial charge < -0.3 is 15.2 Å². The molecule has 2 N–H and O–H groups in total. The largest absolute Gasteiger partial charge is 0.503 e. The van der Waals surface area contributed by atoms with Crippen LogP contribution in [0.1, 0.15) is 34.6 Å². The monoisotopic (exact) mass is 375 g/mol. The maximum Gasteiger partial charge on any atom is 0.225 e. The van der Waals surface area contributed by atoms with Crippen LogP contribution in [0.25, 0.3) is 0 Å². The van der Waals surface area contributed by atoms with Gasteiger partial charge in [-0.25, -0.2) is 0 Å². The predicted molar refractivity (Wildman–Crippen MR) is 93.4 cm³/mol. The molecule has 0 aliphatic carbocycles. The molecular weight excluding hydrogens is 358 g/mol. The molecule has 1 aliphatic rings. The molecule has 0 saturated carbocycles. The fourth-order valence-corrected chi connectivity index (χ4v) is 3.44. The summed E-state index contributed by atoms with van der Waals surface area (Å²) in [6.45, 7) is 4.10. The third-order valence-corrected chi connectivity index (χ3v) is 4.98. The van der Waals surface area contributed by atoms with E-state index in [1.807, 2.05) is 19.1 Å². The molecule has 2 aromatic carbocycles. The van der Waals surface area contributed by atoms with E-state index < -0.39 is 0 Å². The molecule has 3 rings (SSSR count). The lowest BCUT2D eigenvalue weighted by atomic mass is 9.83. The third-order valence-electron chi connectivity index (χ3n) is 4.38. The minimum atomic E-state index is -0.0659. The summed E-state index contributed by atoms with van der Waals surface area (Å²) in [7, 11) is 1.51. The van der Waals surface area contributed by atoms with Gasteiger partial charge in [-0.2, -0.15) is 0 Å². The first-order valence-electron chi connectivity index (χ1n) is 7.38. The lowest BCUT2D eigenvalue weighted by molar-refractivity contribution is -0.116. The van der Waals surface area contributed by atoms with E-state index in [4.69, 9.17) is 4.74 Å². The maximum absolute atomic E-state index is 12.1. The molecule has 23 heavy (non-hydrogen) atoms. The molecule has 1 amide bonds. The highest BCUT2D eigenvalue weighted by Crippen LogP contribution is 2.43. The summed E-state index contributed by atoms with van der Waals surface area (Å²) in [6, 6.07) is 7.78. The van der Waals surface area contributed by atoms with Crippen molar-refractivity contribution in [3.05, 3.63) is 51.0 Å². The van der Waals surface area contributed by atoms with Crippen LogP contribution in [-0.4, -0.2) is 18.1 Å². The Morgan fingerprint density at radius 3 is 2.61 bits per heavy atom. The van der Waals surface area contributed by atoms with E-state index in [1.54, 1.807) is 6.07 Å². The number of carbonyl (C=O) groups is 1. The molecule has 120 valence electrons. The van der Waals surface area contributed by atoms with Crippen LogP contribution in [0.2, 0.25) is 0 Å². The summed E-state index contributed by atoms with van der Waals surface area (Å²) in [5, 5.41) is 12.9. The molecule has 0 unspecified atom stereocenters. The fourth-order valence-electron chi connectivity index (χ4n) is 2.98. The van der Waals surface area contributed by atoms with Gasteiger partial charge in [-0.05, 0) is 70.2 Å². The Kier molecular flexibility index (Phi) is 4.06. The molecule has 0 fully saturated rings. The Labute approximate surface area is 143 Å². The average molecular weight is 376 g/mol. The molecule has 1 aliphatic heterocycles. The van der Waals surface area contributed by atoms with Gasteiger partial charge in [-0.15, -0.1) is 0 Å². The number of aromatic hydroxyl groups is 1. The summed E-state index contributed by atoms with van der Waals surface area (Å²) < 4.78 is 5.79. The van der Waals surface area contributed by atoms with E-state index in [0.29, 0.717) is 16.6 Å². The minimum absolute atomic E-state index is 0.00563. The van der Waals surface area contributed by atoms with E-state index in [1.165, 1.54) is 12.7 Å². The number of anilines is 1. The normalized spacial score (nSPS) is 16.7. The number of benzene rings is 2. The number of methoxy groups -OCH3 is 1. The molecule has 2 aromatic rings. The summed E-state index contributed by atoms with van der Waals surface area (Å²) in [4.78, 5) is 12.1. The summed E-state index contributed by atoms with van der Waals surface area (Å²) in [6.07, 6.45) is 0.371. The van der Waals surface area contributed by atoms with Gasteiger partial charge in [0.2, 0.25) is 5.91 Å². The van der Waals surface area contributed by atoms with Gasteiger partial charge in [0.25, 0.3) is 0 Å². The lowest BCUT2D eigenvalue weighted by Crippen LogP contribution is -2.24. The van der Waals surface area contributed by atoms with Crippen LogP contribution in [0.15, 0.2) is 28.7 Å². The number of amides is 1. The van der Waals surface area contributed by atoms with Crippen LogP contribution in [0.4, 0.5) is 5.69 Å². The van der Waals surface area contributed by atoms with Crippen molar-refractivity contribution in [3.8, 4) is 11.5 Å². The minimum Gasteiger partial charge on any atom is -0.503 e. The summed E-state index contributed by atoms with van der Waals surface area (Å²) in [5.41, 5.74) is 5.22. The second-order valence-electron chi connectivity index (χ2n) is 5.88. The van der Waals surface area contributed by atoms with E-state index in [-0.39, 0.29) is 17.6 Å². The zero-order valence-corrected chi connectivity index (χ0v) is 14.8. The number of ether oxygens (including phenoxy) is 1. The van der Waals surface area contributed by atoms with Crippen LogP contribution in [0, 0.1) is 13.8 Å². The predicted octanol–water partition coefficient (Wildman–Crippen LogP) is 4.25. The average Bonchev–Trinajstić information content (AvgIpc) is 2.51. The highest BCUT2D eigenvalue weighted by molar-refractivity contribution is 9.10. The maximum atomic E-state index is 12.1. The van der Waals surface area contributed by atoms with Gasteiger partial charge in [0.15, 0.2) is 11.5 Å². The Morgan fingerprint density at radius 2 is 1.91 bits per heavy atom. The smallest absolute Gasteiger partial charge is 0.225 e. The third kappa shape index (κ3) is 2.81. The first kappa shape index (κ1) is 15.9. The number of hydrogen-bond acceptors (Lipinski definition) is 3. The van der Waals surface area contributed by atoms with Crippen molar-refractivity contribution in [2.24, 2.45) is 0 Å². The van der Waals surface area contributed by atoms with Crippen LogP contribution in [0.5, 0.6) is 11.5 Å². The van der Waals surface area contributed by atoms with E-state index in [9.17, 15) is 9.90 Å². The van der Waals surface area contributed by atoms with Crippen LogP contribution in [-0.2, 0) is 4.79 Å². The second kappa shape index (κ2) is 5.89. The quantitative estimate of drug-likeness (QED) is 0.824. The van der Waals surface area contributed by atoms with Crippen LogP contribution in [0.3, 0.4) is 0 Å². The van der Waals surface area contributed by atoms with Gasteiger partial charge >= 0.3 is 0 Å². The van der Waals surface area contributed by atoms with Crippen molar-refractivity contribution in [1.29, 1.82) is 0 Å². The molecule has 0 spiro atoms. The van der Waals surface area contributed by atoms with Gasteiger partial charge in [0, 0.05) is 18.0 Å². The Hall–Kier alpha value is -2.01. The number of phenols is 1. The fraction of sp³-hybridized carbons (Fsp3) is 0.278. The van der Waals surface area contributed by atoms with Crippen molar-refractivity contribution >= 4 is 27.5 Å². The van der Waals surface area contributed by atoms with Crippen molar-refractivity contribution in [3.63, 3.8) is 0 Å². The van der Waals surface area contributed by atoms with E-state index >= 15 is 0 Å². The van der Waals surface area contributed by atoms with Crippen molar-refractivity contribution < 1.29 is 14.6 Å². The lowest BCUT2D eigenvalue weighted by Gasteiger charge is -2.27. The first-order chi connectivity index (χ1) is 10.9. The number of phenolic OH excluding ortho intramolecular Hbond substituents is 1. The molecule has 0 radical (unpaired) electrons. The molecule has 0 bridgehead atoms. The Morgan fingerprint density at radius 1 is 1.22 bits per heavy atom. The standard InChI is InChI=1S/C18H18BrNO3/c1-9-4-13-12(8-17(21)20-15(13)5-10(9)2)11-6-14(19)18(22)16(7-11)23-3/h4-7,12,22H,8H2,1-3H3,(H,20,21)/t12-/m0/s1. The zero-order chi connectivity index (χ0) is 16.7. The number of hydrogen-bond donors (Lipinski definition) is 2. The second-order valence-corrected chi connectivity index (χ2v) is 6.74. The molecule has 5 heteroatoms. The number of fused-ring (bicyclic) bond motifs is 1. The Bertz CT molecular complexity index is 801. The number of halogens is 1. The van der Waals surface area contributed by atoms with Crippen molar-refractivity contribution in [2.75, 3.05) is 12.4 Å². The number of carbonyl (C=O) groups excluding carboxylic acids is 1. The van der Waals surface area contributed by atoms with E-state index in [0.717, 1.165) is 22.4 Å². The summed E-state index contributed by atoms with van der Waals surface area (Å²) in [5.74, 6) is 0.389. The highest BCUT2D eigenvalue weighted by Gasteiger charge is 2.28. The molecule has 4 nitrogen and oxygen atoms in total. The molecular formula is C18H18BrNO3. The topological polar surface area (TPSA) is 58.6 Å². The van der Waals surface area contributed by atoms with Gasteiger partial charge in [-0.3, -0.25) is 4.79 Å². The van der Waals surface area contributed by atoms with Gasteiger partial charge in [0.1, 0.15) is 0 Å². The van der Waals surface area contributed by atoms with E-state index in [2.05, 4.69) is 34.2 Å². The molecule has 0 saturated heterocycles. The summed E-state index contributed by atoms with van der Waals surface area (Å²) >= 11 is 3.35. The number of rotatable bonds is 2. The molecule has 0 aromatic heterocycles. The number of nitrogens with one attached hydrogen (secondary N) is 1. The van der Waals surface area contributed by atoms with Gasteiger partial charge in [0.05, 0.1) is 11.6 Å². The molecule has 1 atom stereocenters. The Balaban J connectivity index is 2.16. The van der Waals surface area contributed by atoms with Crippen molar-refractivity contribution in [2.45, 2.75) is 26.2 Å². The van der Waals surface area contributed by atoms with Gasteiger partial charge in [-0.1, -0.05) is 6.07 Å². The zero-order valence-electron chi connectivity index (χ0n) is 13.2. The first-order valence-corrected chi connectivity index (χ1v) is 8.17. The van der Waals surface area contributed by atoms with Crippen LogP contribution < -0.4 is 10.1 Å². The number of aryl methyl sites for hydroxylation is 2.